The summed E-state index contributed by atoms with van der Waals surface area (Å²) in [6.45, 7) is 1.75. The molecule has 0 fully saturated rings. The number of rotatable bonds is 3. The maximum atomic E-state index is 12.9. The normalized spacial score (nSPS) is 9.83. The Morgan fingerprint density at radius 3 is 2.75 bits per heavy atom. The summed E-state index contributed by atoms with van der Waals surface area (Å²) in [5.74, 6) is -0.403. The second-order valence-corrected chi connectivity index (χ2v) is 2.49. The lowest BCUT2D eigenvalue weighted by molar-refractivity contribution is -0.115. The van der Waals surface area contributed by atoms with Gasteiger partial charge in [0, 0.05) is 6.42 Å². The third-order valence-electron chi connectivity index (χ3n) is 1.57. The quantitative estimate of drug-likeness (QED) is 0.672. The van der Waals surface area contributed by atoms with E-state index in [4.69, 9.17) is 0 Å². The fraction of sp³-hybridized carbons (Fsp3) is 0.200. The Kier molecular flexibility index (Phi) is 2.97. The van der Waals surface area contributed by atoms with Crippen LogP contribution in [0.4, 0.5) is 4.39 Å². The topological polar surface area (TPSA) is 17.1 Å². The number of halogens is 1. The first-order valence-electron chi connectivity index (χ1n) is 3.86. The number of hydrogen-bond donors (Lipinski definition) is 0. The van der Waals surface area contributed by atoms with E-state index in [0.717, 1.165) is 0 Å². The number of Topliss-reactive ketones (excluding diaryl/α,β-unsaturated/α-hetero) is 1. The highest BCUT2D eigenvalue weighted by Crippen LogP contribution is 2.09. The van der Waals surface area contributed by atoms with Crippen molar-refractivity contribution in [1.82, 2.24) is 0 Å². The molecule has 2 heteroatoms. The number of carbonyl (C=O) groups is 1. The van der Waals surface area contributed by atoms with Crippen LogP contribution in [0.5, 0.6) is 0 Å². The average molecular weight is 165 g/mol. The van der Waals surface area contributed by atoms with Crippen LogP contribution < -0.4 is 0 Å². The van der Waals surface area contributed by atoms with Crippen molar-refractivity contribution < 1.29 is 9.18 Å². The molecule has 1 radical (unpaired) electrons. The van der Waals surface area contributed by atoms with Gasteiger partial charge < -0.3 is 0 Å². The summed E-state index contributed by atoms with van der Waals surface area (Å²) in [5, 5.41) is 0. The van der Waals surface area contributed by atoms with Gasteiger partial charge in [0.1, 0.15) is 11.6 Å². The van der Waals surface area contributed by atoms with Crippen molar-refractivity contribution in [2.75, 3.05) is 0 Å². The molecule has 0 atom stereocenters. The van der Waals surface area contributed by atoms with E-state index in [1.165, 1.54) is 12.5 Å². The first kappa shape index (κ1) is 8.91. The maximum absolute atomic E-state index is 12.9. The number of benzene rings is 1. The van der Waals surface area contributed by atoms with Crippen molar-refractivity contribution in [3.63, 3.8) is 0 Å². The average Bonchev–Trinajstić information content (AvgIpc) is 2.09. The van der Waals surface area contributed by atoms with Crippen LogP contribution in [0, 0.1) is 12.2 Å². The van der Waals surface area contributed by atoms with Crippen LogP contribution in [0.3, 0.4) is 0 Å². The summed E-state index contributed by atoms with van der Waals surface area (Å²) < 4.78 is 12.9. The second-order valence-electron chi connectivity index (χ2n) is 2.49. The Hall–Kier alpha value is -1.18. The molecule has 1 rings (SSSR count). The monoisotopic (exact) mass is 165 g/mol. The first-order chi connectivity index (χ1) is 5.74. The van der Waals surface area contributed by atoms with E-state index < -0.39 is 0 Å². The SMILES string of the molecule is CCC(=O)[CH]c1ccccc1F. The zero-order valence-corrected chi connectivity index (χ0v) is 6.88. The predicted octanol–water partition coefficient (Wildman–Crippen LogP) is 2.36. The highest BCUT2D eigenvalue weighted by Gasteiger charge is 2.05. The Bertz CT molecular complexity index is 281. The van der Waals surface area contributed by atoms with Gasteiger partial charge in [0.15, 0.2) is 0 Å². The molecule has 0 unspecified atom stereocenters. The molecule has 1 nitrogen and oxygen atoms in total. The summed E-state index contributed by atoms with van der Waals surface area (Å²) in [6.07, 6.45) is 1.74. The summed E-state index contributed by atoms with van der Waals surface area (Å²) >= 11 is 0. The molecule has 0 aromatic heterocycles. The van der Waals surface area contributed by atoms with Gasteiger partial charge in [-0.2, -0.15) is 0 Å². The Morgan fingerprint density at radius 1 is 1.50 bits per heavy atom. The van der Waals surface area contributed by atoms with Gasteiger partial charge in [-0.1, -0.05) is 25.1 Å². The molecule has 0 saturated heterocycles. The maximum Gasteiger partial charge on any atom is 0.141 e. The Balaban J connectivity index is 2.75. The van der Waals surface area contributed by atoms with Crippen molar-refractivity contribution in [2.24, 2.45) is 0 Å². The van der Waals surface area contributed by atoms with Crippen LogP contribution in [-0.4, -0.2) is 5.78 Å². The van der Waals surface area contributed by atoms with Crippen LogP contribution in [-0.2, 0) is 4.79 Å². The minimum absolute atomic E-state index is 0.0555. The van der Waals surface area contributed by atoms with E-state index in [2.05, 4.69) is 0 Å². The van der Waals surface area contributed by atoms with Gasteiger partial charge in [0.05, 0.1) is 6.42 Å². The van der Waals surface area contributed by atoms with Gasteiger partial charge in [-0.05, 0) is 11.6 Å². The Morgan fingerprint density at radius 2 is 2.17 bits per heavy atom. The van der Waals surface area contributed by atoms with E-state index in [-0.39, 0.29) is 11.6 Å². The molecule has 0 amide bonds. The number of carbonyl (C=O) groups excluding carboxylic acids is 1. The van der Waals surface area contributed by atoms with Gasteiger partial charge in [-0.3, -0.25) is 4.79 Å². The first-order valence-corrected chi connectivity index (χ1v) is 3.86. The molecule has 0 aliphatic carbocycles. The molecule has 12 heavy (non-hydrogen) atoms. The standard InChI is InChI=1S/C10H10FO/c1-2-9(12)7-8-5-3-4-6-10(8)11/h3-7H,2H2,1H3. The van der Waals surface area contributed by atoms with Gasteiger partial charge in [0.25, 0.3) is 0 Å². The van der Waals surface area contributed by atoms with Crippen molar-refractivity contribution in [1.29, 1.82) is 0 Å². The van der Waals surface area contributed by atoms with E-state index in [0.29, 0.717) is 12.0 Å². The van der Waals surface area contributed by atoms with E-state index in [1.807, 2.05) is 0 Å². The molecular weight excluding hydrogens is 155 g/mol. The zero-order valence-electron chi connectivity index (χ0n) is 6.88. The van der Waals surface area contributed by atoms with Crippen LogP contribution in [0.15, 0.2) is 24.3 Å². The molecule has 1 aromatic rings. The van der Waals surface area contributed by atoms with Crippen molar-refractivity contribution in [2.45, 2.75) is 13.3 Å². The van der Waals surface area contributed by atoms with Crippen LogP contribution >= 0.6 is 0 Å². The third-order valence-corrected chi connectivity index (χ3v) is 1.57. The van der Waals surface area contributed by atoms with Gasteiger partial charge in [-0.25, -0.2) is 4.39 Å². The molecule has 0 spiro atoms. The summed E-state index contributed by atoms with van der Waals surface area (Å²) in [4.78, 5) is 10.9. The number of ketones is 1. The van der Waals surface area contributed by atoms with Crippen molar-refractivity contribution in [3.8, 4) is 0 Å². The molecule has 0 aliphatic rings. The summed E-state index contributed by atoms with van der Waals surface area (Å²) in [6, 6.07) is 6.23. The zero-order chi connectivity index (χ0) is 8.97. The van der Waals surface area contributed by atoms with Crippen LogP contribution in [0.1, 0.15) is 18.9 Å². The highest BCUT2D eigenvalue weighted by atomic mass is 19.1. The molecule has 0 aliphatic heterocycles. The molecule has 0 bridgehead atoms. The van der Waals surface area contributed by atoms with Crippen LogP contribution in [0.2, 0.25) is 0 Å². The second kappa shape index (κ2) is 4.00. The summed E-state index contributed by atoms with van der Waals surface area (Å²) in [5.41, 5.74) is 0.365. The minimum atomic E-state index is -0.348. The van der Waals surface area contributed by atoms with Gasteiger partial charge in [0.2, 0.25) is 0 Å². The minimum Gasteiger partial charge on any atom is -0.299 e. The largest absolute Gasteiger partial charge is 0.299 e. The molecule has 0 heterocycles. The van der Waals surface area contributed by atoms with E-state index in [1.54, 1.807) is 25.1 Å². The lowest BCUT2D eigenvalue weighted by Crippen LogP contribution is -1.99. The third kappa shape index (κ3) is 2.16. The van der Waals surface area contributed by atoms with Crippen LogP contribution in [0.25, 0.3) is 0 Å². The number of hydrogen-bond acceptors (Lipinski definition) is 1. The lowest BCUT2D eigenvalue weighted by atomic mass is 10.1. The van der Waals surface area contributed by atoms with Crippen molar-refractivity contribution >= 4 is 5.78 Å². The van der Waals surface area contributed by atoms with Crippen molar-refractivity contribution in [3.05, 3.63) is 42.1 Å². The lowest BCUT2D eigenvalue weighted by Gasteiger charge is -1.98. The molecular formula is C10H10FO. The fourth-order valence-corrected chi connectivity index (χ4v) is 0.868. The highest BCUT2D eigenvalue weighted by molar-refractivity contribution is 5.90. The molecule has 1 aromatic carbocycles. The van der Waals surface area contributed by atoms with Gasteiger partial charge in [-0.15, -0.1) is 0 Å². The summed E-state index contributed by atoms with van der Waals surface area (Å²) in [7, 11) is 0. The predicted molar refractivity (Wildman–Crippen MR) is 45.1 cm³/mol. The van der Waals surface area contributed by atoms with Gasteiger partial charge >= 0.3 is 0 Å². The molecule has 63 valence electrons. The fourth-order valence-electron chi connectivity index (χ4n) is 0.868. The molecule has 0 N–H and O–H groups in total. The molecule has 0 saturated carbocycles. The Labute approximate surface area is 71.2 Å². The van der Waals surface area contributed by atoms with E-state index >= 15 is 0 Å². The smallest absolute Gasteiger partial charge is 0.141 e. The van der Waals surface area contributed by atoms with E-state index in [9.17, 15) is 9.18 Å².